The Morgan fingerprint density at radius 2 is 1.79 bits per heavy atom. The third-order valence-corrected chi connectivity index (χ3v) is 5.36. The molecule has 0 saturated carbocycles. The van der Waals surface area contributed by atoms with Crippen molar-refractivity contribution in [1.82, 2.24) is 9.97 Å². The molecule has 1 aliphatic heterocycles. The first kappa shape index (κ1) is 19.2. The first-order valence-corrected chi connectivity index (χ1v) is 9.94. The number of piperidine rings is 1. The fourth-order valence-corrected chi connectivity index (χ4v) is 3.76. The van der Waals surface area contributed by atoms with Crippen LogP contribution < -0.4 is 15.0 Å². The van der Waals surface area contributed by atoms with Crippen LogP contribution in [-0.2, 0) is 6.42 Å². The standard InChI is InChI=1S/C23H25FN4O/c1-29-21-10-6-5-9-20(21)26-22-19(24)16-25-23(27-22)28-13-11-18(12-14-28)15-17-7-3-2-4-8-17/h2-10,16,18H,11-15H2,1H3,(H,25,26,27). The molecule has 2 aromatic carbocycles. The predicted octanol–water partition coefficient (Wildman–Crippen LogP) is 4.83. The molecule has 29 heavy (non-hydrogen) atoms. The van der Waals surface area contributed by atoms with Crippen LogP contribution in [0.3, 0.4) is 0 Å². The third kappa shape index (κ3) is 4.65. The minimum Gasteiger partial charge on any atom is -0.495 e. The number of anilines is 3. The second-order valence-corrected chi connectivity index (χ2v) is 7.31. The molecular formula is C23H25FN4O. The van der Waals surface area contributed by atoms with Crippen molar-refractivity contribution in [3.05, 3.63) is 72.2 Å². The molecule has 5 nitrogen and oxygen atoms in total. The molecule has 0 amide bonds. The molecule has 0 aliphatic carbocycles. The summed E-state index contributed by atoms with van der Waals surface area (Å²) < 4.78 is 19.6. The molecule has 2 heterocycles. The summed E-state index contributed by atoms with van der Waals surface area (Å²) in [5, 5.41) is 3.03. The summed E-state index contributed by atoms with van der Waals surface area (Å²) in [6, 6.07) is 18.0. The summed E-state index contributed by atoms with van der Waals surface area (Å²) in [5.74, 6) is 1.51. The molecule has 150 valence electrons. The van der Waals surface area contributed by atoms with Crippen molar-refractivity contribution in [1.29, 1.82) is 0 Å². The second-order valence-electron chi connectivity index (χ2n) is 7.31. The number of hydrogen-bond acceptors (Lipinski definition) is 5. The largest absolute Gasteiger partial charge is 0.495 e. The maximum Gasteiger partial charge on any atom is 0.227 e. The van der Waals surface area contributed by atoms with Gasteiger partial charge in [0, 0.05) is 13.1 Å². The van der Waals surface area contributed by atoms with E-state index in [0.29, 0.717) is 23.3 Å². The molecular weight excluding hydrogens is 367 g/mol. The highest BCUT2D eigenvalue weighted by atomic mass is 19.1. The summed E-state index contributed by atoms with van der Waals surface area (Å²) in [7, 11) is 1.59. The van der Waals surface area contributed by atoms with Crippen LogP contribution in [0.25, 0.3) is 0 Å². The molecule has 0 atom stereocenters. The summed E-state index contributed by atoms with van der Waals surface area (Å²) in [4.78, 5) is 10.8. The zero-order valence-corrected chi connectivity index (χ0v) is 16.5. The Balaban J connectivity index is 1.43. The van der Waals surface area contributed by atoms with E-state index in [-0.39, 0.29) is 5.82 Å². The van der Waals surface area contributed by atoms with Gasteiger partial charge in [-0.05, 0) is 42.9 Å². The Morgan fingerprint density at radius 3 is 2.55 bits per heavy atom. The Hall–Kier alpha value is -3.15. The minimum atomic E-state index is -0.487. The number of para-hydroxylation sites is 2. The summed E-state index contributed by atoms with van der Waals surface area (Å²) in [6.07, 6.45) is 4.48. The third-order valence-electron chi connectivity index (χ3n) is 5.36. The first-order valence-electron chi connectivity index (χ1n) is 9.94. The summed E-state index contributed by atoms with van der Waals surface area (Å²) in [5.41, 5.74) is 2.05. The van der Waals surface area contributed by atoms with Gasteiger partial charge in [0.25, 0.3) is 0 Å². The van der Waals surface area contributed by atoms with Crippen molar-refractivity contribution in [3.63, 3.8) is 0 Å². The van der Waals surface area contributed by atoms with Crippen LogP contribution in [0.15, 0.2) is 60.8 Å². The lowest BCUT2D eigenvalue weighted by molar-refractivity contribution is 0.400. The smallest absolute Gasteiger partial charge is 0.227 e. The van der Waals surface area contributed by atoms with Gasteiger partial charge in [0.15, 0.2) is 11.6 Å². The van der Waals surface area contributed by atoms with Crippen molar-refractivity contribution >= 4 is 17.5 Å². The van der Waals surface area contributed by atoms with Gasteiger partial charge in [-0.2, -0.15) is 4.98 Å². The molecule has 0 spiro atoms. The van der Waals surface area contributed by atoms with Crippen molar-refractivity contribution in [3.8, 4) is 5.75 Å². The van der Waals surface area contributed by atoms with Crippen molar-refractivity contribution in [2.75, 3.05) is 30.4 Å². The van der Waals surface area contributed by atoms with Crippen molar-refractivity contribution < 1.29 is 9.13 Å². The van der Waals surface area contributed by atoms with Gasteiger partial charge in [-0.3, -0.25) is 0 Å². The molecule has 1 fully saturated rings. The van der Waals surface area contributed by atoms with E-state index in [1.165, 1.54) is 11.8 Å². The molecule has 1 saturated heterocycles. The van der Waals surface area contributed by atoms with Gasteiger partial charge in [-0.1, -0.05) is 42.5 Å². The van der Waals surface area contributed by atoms with E-state index >= 15 is 0 Å². The molecule has 0 bridgehead atoms. The van der Waals surface area contributed by atoms with Crippen molar-refractivity contribution in [2.24, 2.45) is 5.92 Å². The summed E-state index contributed by atoms with van der Waals surface area (Å²) in [6.45, 7) is 1.74. The maximum absolute atomic E-state index is 14.3. The Bertz CT molecular complexity index is 943. The zero-order chi connectivity index (χ0) is 20.1. The molecule has 0 radical (unpaired) electrons. The Labute approximate surface area is 170 Å². The molecule has 1 aromatic heterocycles. The van der Waals surface area contributed by atoms with E-state index in [9.17, 15) is 4.39 Å². The van der Waals surface area contributed by atoms with Crippen LogP contribution >= 0.6 is 0 Å². The number of methoxy groups -OCH3 is 1. The van der Waals surface area contributed by atoms with Crippen LogP contribution in [0.5, 0.6) is 5.75 Å². The fraction of sp³-hybridized carbons (Fsp3) is 0.304. The number of aromatic nitrogens is 2. The highest BCUT2D eigenvalue weighted by Gasteiger charge is 2.22. The highest BCUT2D eigenvalue weighted by Crippen LogP contribution is 2.29. The molecule has 3 aromatic rings. The molecule has 6 heteroatoms. The van der Waals surface area contributed by atoms with Crippen LogP contribution in [-0.4, -0.2) is 30.2 Å². The average molecular weight is 392 g/mol. The van der Waals surface area contributed by atoms with Crippen LogP contribution in [0.2, 0.25) is 0 Å². The van der Waals surface area contributed by atoms with Gasteiger partial charge in [-0.15, -0.1) is 0 Å². The second kappa shape index (κ2) is 8.90. The number of hydrogen-bond donors (Lipinski definition) is 1. The lowest BCUT2D eigenvalue weighted by Gasteiger charge is -2.32. The van der Waals surface area contributed by atoms with E-state index in [1.807, 2.05) is 24.3 Å². The van der Waals surface area contributed by atoms with E-state index in [1.54, 1.807) is 7.11 Å². The van der Waals surface area contributed by atoms with Gasteiger partial charge in [-0.25, -0.2) is 9.37 Å². The monoisotopic (exact) mass is 392 g/mol. The van der Waals surface area contributed by atoms with E-state index in [4.69, 9.17) is 4.74 Å². The molecule has 0 unspecified atom stereocenters. The first-order chi connectivity index (χ1) is 14.2. The lowest BCUT2D eigenvalue weighted by atomic mass is 9.90. The maximum atomic E-state index is 14.3. The number of nitrogens with one attached hydrogen (secondary N) is 1. The van der Waals surface area contributed by atoms with Gasteiger partial charge in [0.05, 0.1) is 19.0 Å². The van der Waals surface area contributed by atoms with Gasteiger partial charge >= 0.3 is 0 Å². The number of ether oxygens (including phenoxy) is 1. The zero-order valence-electron chi connectivity index (χ0n) is 16.5. The number of rotatable bonds is 6. The van der Waals surface area contributed by atoms with Crippen LogP contribution in [0, 0.1) is 11.7 Å². The Kier molecular flexibility index (Phi) is 5.89. The van der Waals surface area contributed by atoms with Crippen molar-refractivity contribution in [2.45, 2.75) is 19.3 Å². The van der Waals surface area contributed by atoms with Gasteiger partial charge < -0.3 is 15.0 Å². The number of nitrogens with zero attached hydrogens (tertiary/aromatic N) is 3. The van der Waals surface area contributed by atoms with E-state index in [0.717, 1.165) is 32.4 Å². The van der Waals surface area contributed by atoms with Crippen LogP contribution in [0.1, 0.15) is 18.4 Å². The topological polar surface area (TPSA) is 50.3 Å². The minimum absolute atomic E-state index is 0.158. The Morgan fingerprint density at radius 1 is 1.07 bits per heavy atom. The number of halogens is 1. The quantitative estimate of drug-likeness (QED) is 0.651. The predicted molar refractivity (Wildman–Crippen MR) is 113 cm³/mol. The summed E-state index contributed by atoms with van der Waals surface area (Å²) >= 11 is 0. The molecule has 1 aliphatic rings. The highest BCUT2D eigenvalue weighted by molar-refractivity contribution is 5.64. The SMILES string of the molecule is COc1ccccc1Nc1nc(N2CCC(Cc3ccccc3)CC2)ncc1F. The van der Waals surface area contributed by atoms with Crippen LogP contribution in [0.4, 0.5) is 21.8 Å². The fourth-order valence-electron chi connectivity index (χ4n) is 3.76. The van der Waals surface area contributed by atoms with E-state index < -0.39 is 5.82 Å². The van der Waals surface area contributed by atoms with E-state index in [2.05, 4.69) is 50.5 Å². The van der Waals surface area contributed by atoms with Gasteiger partial charge in [0.2, 0.25) is 5.95 Å². The van der Waals surface area contributed by atoms with Gasteiger partial charge in [0.1, 0.15) is 5.75 Å². The number of benzene rings is 2. The average Bonchev–Trinajstić information content (AvgIpc) is 2.77. The molecule has 1 N–H and O–H groups in total. The lowest BCUT2D eigenvalue weighted by Crippen LogP contribution is -2.35. The normalized spacial score (nSPS) is 14.6. The molecule has 4 rings (SSSR count).